The fraction of sp³-hybridized carbons (Fsp3) is 0.733. The molecule has 1 spiro atoms. The van der Waals surface area contributed by atoms with Crippen molar-refractivity contribution in [2.45, 2.75) is 48.8 Å². The van der Waals surface area contributed by atoms with Crippen LogP contribution in [0, 0.1) is 0 Å². The maximum absolute atomic E-state index is 12.4. The number of aryl methyl sites for hydroxylation is 1. The molecule has 2 aliphatic heterocycles. The van der Waals surface area contributed by atoms with E-state index >= 15 is 0 Å². The van der Waals surface area contributed by atoms with E-state index in [0.29, 0.717) is 32.4 Å². The van der Waals surface area contributed by atoms with E-state index < -0.39 is 10.0 Å². The highest BCUT2D eigenvalue weighted by atomic mass is 32.2. The summed E-state index contributed by atoms with van der Waals surface area (Å²) in [5, 5.41) is 7.20. The molecule has 2 saturated heterocycles. The fourth-order valence-corrected chi connectivity index (χ4v) is 5.89. The summed E-state index contributed by atoms with van der Waals surface area (Å²) in [5.41, 5.74) is 0.736. The molecule has 1 atom stereocenters. The molecule has 1 aromatic heterocycles. The highest BCUT2D eigenvalue weighted by Crippen LogP contribution is 2.44. The number of piperidine rings is 1. The maximum Gasteiger partial charge on any atom is 0.221 e. The summed E-state index contributed by atoms with van der Waals surface area (Å²) in [5.74, 6) is 0.131. The van der Waals surface area contributed by atoms with Gasteiger partial charge in [-0.25, -0.2) is 12.7 Å². The molecule has 0 radical (unpaired) electrons. The van der Waals surface area contributed by atoms with Gasteiger partial charge in [-0.15, -0.1) is 0 Å². The number of carbonyl (C=O) groups excluding carboxylic acids is 1. The van der Waals surface area contributed by atoms with Crippen molar-refractivity contribution in [3.63, 3.8) is 0 Å². The number of rotatable bonds is 3. The quantitative estimate of drug-likeness (QED) is 0.862. The topological polar surface area (TPSA) is 84.3 Å². The smallest absolute Gasteiger partial charge is 0.221 e. The SMILES string of the molecule is Cn1cc([C@@H]2CC(=O)NC23CCN(S(=O)(=O)C2CC2)CC3)cn1. The Labute approximate surface area is 136 Å². The summed E-state index contributed by atoms with van der Waals surface area (Å²) in [6, 6.07) is 0. The molecule has 1 aromatic rings. The average molecular weight is 338 g/mol. The second-order valence-corrected chi connectivity index (χ2v) is 9.26. The van der Waals surface area contributed by atoms with Gasteiger partial charge in [0.05, 0.1) is 11.4 Å². The van der Waals surface area contributed by atoms with Crippen LogP contribution in [0.5, 0.6) is 0 Å². The van der Waals surface area contributed by atoms with Crippen LogP contribution in [0.15, 0.2) is 12.4 Å². The molecule has 23 heavy (non-hydrogen) atoms. The lowest BCUT2D eigenvalue weighted by Gasteiger charge is -2.42. The third kappa shape index (κ3) is 2.48. The van der Waals surface area contributed by atoms with Crippen LogP contribution < -0.4 is 5.32 Å². The molecule has 1 aliphatic carbocycles. The Balaban J connectivity index is 1.55. The highest BCUT2D eigenvalue weighted by Gasteiger charge is 2.51. The average Bonchev–Trinajstić information content (AvgIpc) is 3.22. The van der Waals surface area contributed by atoms with Crippen molar-refractivity contribution in [1.82, 2.24) is 19.4 Å². The standard InChI is InChI=1S/C15H22N4O3S/c1-18-10-11(9-16-18)13-8-14(20)17-15(13)4-6-19(7-5-15)23(21,22)12-2-3-12/h9-10,12-13H,2-8H2,1H3,(H,17,20)/t13-/m0/s1. The monoisotopic (exact) mass is 338 g/mol. The predicted molar refractivity (Wildman–Crippen MR) is 84.2 cm³/mol. The largest absolute Gasteiger partial charge is 0.350 e. The number of nitrogens with zero attached hydrogens (tertiary/aromatic N) is 3. The lowest BCUT2D eigenvalue weighted by Crippen LogP contribution is -2.54. The van der Waals surface area contributed by atoms with Crippen molar-refractivity contribution >= 4 is 15.9 Å². The molecule has 0 bridgehead atoms. The first kappa shape index (κ1) is 15.1. The molecule has 3 fully saturated rings. The Morgan fingerprint density at radius 3 is 2.57 bits per heavy atom. The second-order valence-electron chi connectivity index (χ2n) is 7.05. The van der Waals surface area contributed by atoms with Crippen LogP contribution >= 0.6 is 0 Å². The number of hydrogen-bond donors (Lipinski definition) is 1. The van der Waals surface area contributed by atoms with E-state index in [1.807, 2.05) is 19.4 Å². The van der Waals surface area contributed by atoms with Gasteiger partial charge in [-0.1, -0.05) is 0 Å². The van der Waals surface area contributed by atoms with Crippen LogP contribution in [0.1, 0.15) is 43.6 Å². The number of amides is 1. The van der Waals surface area contributed by atoms with Gasteiger partial charge in [0, 0.05) is 44.2 Å². The summed E-state index contributed by atoms with van der Waals surface area (Å²) in [4.78, 5) is 12.0. The van der Waals surface area contributed by atoms with Gasteiger partial charge >= 0.3 is 0 Å². The van der Waals surface area contributed by atoms with Crippen LogP contribution in [-0.4, -0.2) is 52.3 Å². The van der Waals surface area contributed by atoms with Crippen molar-refractivity contribution in [2.24, 2.45) is 7.05 Å². The summed E-state index contributed by atoms with van der Waals surface area (Å²) < 4.78 is 28.2. The van der Waals surface area contributed by atoms with E-state index in [1.54, 1.807) is 8.99 Å². The highest BCUT2D eigenvalue weighted by molar-refractivity contribution is 7.90. The van der Waals surface area contributed by atoms with E-state index in [4.69, 9.17) is 0 Å². The van der Waals surface area contributed by atoms with Crippen LogP contribution in [0.3, 0.4) is 0 Å². The Morgan fingerprint density at radius 2 is 2.00 bits per heavy atom. The summed E-state index contributed by atoms with van der Waals surface area (Å²) >= 11 is 0. The number of nitrogens with one attached hydrogen (secondary N) is 1. The molecule has 0 unspecified atom stereocenters. The van der Waals surface area contributed by atoms with Crippen molar-refractivity contribution < 1.29 is 13.2 Å². The predicted octanol–water partition coefficient (Wildman–Crippen LogP) is 0.350. The number of carbonyl (C=O) groups is 1. The van der Waals surface area contributed by atoms with E-state index in [9.17, 15) is 13.2 Å². The van der Waals surface area contributed by atoms with Gasteiger partial charge in [-0.3, -0.25) is 9.48 Å². The van der Waals surface area contributed by atoms with Gasteiger partial charge in [0.15, 0.2) is 0 Å². The van der Waals surface area contributed by atoms with Crippen molar-refractivity contribution in [1.29, 1.82) is 0 Å². The third-order valence-corrected chi connectivity index (χ3v) is 7.89. The molecular formula is C15H22N4O3S. The fourth-order valence-electron chi connectivity index (χ4n) is 4.04. The van der Waals surface area contributed by atoms with Crippen LogP contribution in [-0.2, 0) is 21.9 Å². The van der Waals surface area contributed by atoms with Crippen LogP contribution in [0.25, 0.3) is 0 Å². The summed E-state index contributed by atoms with van der Waals surface area (Å²) in [7, 11) is -1.26. The molecule has 3 aliphatic rings. The molecule has 8 heteroatoms. The first-order valence-corrected chi connectivity index (χ1v) is 9.70. The number of sulfonamides is 1. The molecule has 1 amide bonds. The van der Waals surface area contributed by atoms with Gasteiger partial charge in [0.1, 0.15) is 0 Å². The number of hydrogen-bond acceptors (Lipinski definition) is 4. The minimum Gasteiger partial charge on any atom is -0.350 e. The van der Waals surface area contributed by atoms with E-state index in [1.165, 1.54) is 0 Å². The minimum atomic E-state index is -3.12. The lowest BCUT2D eigenvalue weighted by molar-refractivity contribution is -0.120. The Kier molecular flexibility index (Phi) is 3.32. The van der Waals surface area contributed by atoms with Crippen molar-refractivity contribution in [2.75, 3.05) is 13.1 Å². The molecule has 4 rings (SSSR count). The van der Waals surface area contributed by atoms with E-state index in [-0.39, 0.29) is 22.6 Å². The molecule has 1 saturated carbocycles. The molecule has 3 heterocycles. The van der Waals surface area contributed by atoms with Crippen LogP contribution in [0.2, 0.25) is 0 Å². The first-order valence-electron chi connectivity index (χ1n) is 8.19. The van der Waals surface area contributed by atoms with Gasteiger partial charge in [-0.05, 0) is 31.2 Å². The zero-order chi connectivity index (χ0) is 16.2. The van der Waals surface area contributed by atoms with E-state index in [2.05, 4.69) is 10.4 Å². The Bertz CT molecular complexity index is 730. The molecule has 1 N–H and O–H groups in total. The van der Waals surface area contributed by atoms with Gasteiger partial charge in [0.25, 0.3) is 0 Å². The zero-order valence-corrected chi connectivity index (χ0v) is 14.1. The molecule has 0 aromatic carbocycles. The first-order chi connectivity index (χ1) is 10.9. The van der Waals surface area contributed by atoms with Crippen LogP contribution in [0.4, 0.5) is 0 Å². The normalized spacial score (nSPS) is 28.2. The lowest BCUT2D eigenvalue weighted by atomic mass is 9.75. The van der Waals surface area contributed by atoms with Gasteiger partial charge in [-0.2, -0.15) is 5.10 Å². The van der Waals surface area contributed by atoms with E-state index in [0.717, 1.165) is 18.4 Å². The minimum absolute atomic E-state index is 0.0531. The zero-order valence-electron chi connectivity index (χ0n) is 13.2. The Hall–Kier alpha value is -1.41. The summed E-state index contributed by atoms with van der Waals surface area (Å²) in [6.45, 7) is 0.992. The third-order valence-electron chi connectivity index (χ3n) is 5.49. The van der Waals surface area contributed by atoms with Crippen molar-refractivity contribution in [3.05, 3.63) is 18.0 Å². The second kappa shape index (κ2) is 5.04. The van der Waals surface area contributed by atoms with Gasteiger partial charge in [0.2, 0.25) is 15.9 Å². The summed E-state index contributed by atoms with van der Waals surface area (Å²) in [6.07, 6.45) is 7.16. The van der Waals surface area contributed by atoms with Gasteiger partial charge < -0.3 is 5.32 Å². The molecular weight excluding hydrogens is 316 g/mol. The maximum atomic E-state index is 12.4. The Morgan fingerprint density at radius 1 is 1.30 bits per heavy atom. The number of aromatic nitrogens is 2. The molecule has 126 valence electrons. The molecule has 7 nitrogen and oxygen atoms in total. The van der Waals surface area contributed by atoms with Crippen molar-refractivity contribution in [3.8, 4) is 0 Å².